The molecule has 7 heteroatoms. The Kier molecular flexibility index (Phi) is 7.91. The molecule has 2 rings (SSSR count). The molecule has 0 spiro atoms. The number of rotatable bonds is 8. The molecule has 0 aliphatic carbocycles. The standard InChI is InChI=1S/C18H26BrN5O/c1-4-14(9-15-7-6-8-16(19)10-15)11-21-18(20-5-2)22-12-17-23-13(3)25-24-17/h6-8,10,14H,4-5,9,11-12H2,1-3H3,(H2,20,21,22). The summed E-state index contributed by atoms with van der Waals surface area (Å²) >= 11 is 3.54. The first-order valence-electron chi connectivity index (χ1n) is 8.66. The topological polar surface area (TPSA) is 75.3 Å². The molecule has 25 heavy (non-hydrogen) atoms. The Morgan fingerprint density at radius 2 is 2.16 bits per heavy atom. The third-order valence-electron chi connectivity index (χ3n) is 3.84. The lowest BCUT2D eigenvalue weighted by Gasteiger charge is -2.18. The fourth-order valence-corrected chi connectivity index (χ4v) is 2.94. The van der Waals surface area contributed by atoms with Crippen molar-refractivity contribution in [3.8, 4) is 0 Å². The summed E-state index contributed by atoms with van der Waals surface area (Å²) in [5, 5.41) is 10.6. The van der Waals surface area contributed by atoms with Crippen molar-refractivity contribution in [1.29, 1.82) is 0 Å². The van der Waals surface area contributed by atoms with Crippen LogP contribution in [-0.4, -0.2) is 29.2 Å². The highest BCUT2D eigenvalue weighted by molar-refractivity contribution is 9.10. The molecule has 6 nitrogen and oxygen atoms in total. The molecule has 0 fully saturated rings. The monoisotopic (exact) mass is 407 g/mol. The van der Waals surface area contributed by atoms with E-state index in [0.717, 1.165) is 36.4 Å². The third-order valence-corrected chi connectivity index (χ3v) is 4.33. The number of guanidine groups is 1. The Bertz CT molecular complexity index is 686. The van der Waals surface area contributed by atoms with E-state index in [-0.39, 0.29) is 0 Å². The molecule has 0 amide bonds. The van der Waals surface area contributed by atoms with Gasteiger partial charge in [-0.05, 0) is 37.0 Å². The van der Waals surface area contributed by atoms with E-state index < -0.39 is 0 Å². The van der Waals surface area contributed by atoms with Crippen molar-refractivity contribution in [2.24, 2.45) is 10.9 Å². The number of benzene rings is 1. The number of hydrogen-bond acceptors (Lipinski definition) is 4. The molecule has 0 saturated carbocycles. The molecule has 0 radical (unpaired) electrons. The summed E-state index contributed by atoms with van der Waals surface area (Å²) in [5.41, 5.74) is 1.34. The van der Waals surface area contributed by atoms with E-state index in [0.29, 0.717) is 24.2 Å². The van der Waals surface area contributed by atoms with Crippen LogP contribution >= 0.6 is 15.9 Å². The van der Waals surface area contributed by atoms with Crippen molar-refractivity contribution in [3.05, 3.63) is 46.0 Å². The maximum absolute atomic E-state index is 4.97. The average Bonchev–Trinajstić information content (AvgIpc) is 3.01. The van der Waals surface area contributed by atoms with Crippen LogP contribution in [0.15, 0.2) is 38.3 Å². The minimum absolute atomic E-state index is 0.398. The highest BCUT2D eigenvalue weighted by Gasteiger charge is 2.10. The van der Waals surface area contributed by atoms with E-state index in [1.807, 2.05) is 0 Å². The van der Waals surface area contributed by atoms with Gasteiger partial charge >= 0.3 is 0 Å². The second kappa shape index (κ2) is 10.2. The Hall–Kier alpha value is -1.89. The largest absolute Gasteiger partial charge is 0.357 e. The molecule has 0 aliphatic rings. The summed E-state index contributed by atoms with van der Waals surface area (Å²) in [6.07, 6.45) is 2.13. The van der Waals surface area contributed by atoms with Crippen molar-refractivity contribution in [2.45, 2.75) is 40.2 Å². The Labute approximate surface area is 157 Å². The summed E-state index contributed by atoms with van der Waals surface area (Å²) in [6, 6.07) is 8.49. The lowest BCUT2D eigenvalue weighted by atomic mass is 9.97. The molecule has 0 aliphatic heterocycles. The molecule has 0 saturated heterocycles. The second-order valence-corrected chi connectivity index (χ2v) is 6.83. The molecule has 1 aromatic carbocycles. The number of aliphatic imine (C=N–C) groups is 1. The highest BCUT2D eigenvalue weighted by Crippen LogP contribution is 2.16. The molecule has 0 bridgehead atoms. The van der Waals surface area contributed by atoms with Crippen LogP contribution in [-0.2, 0) is 13.0 Å². The highest BCUT2D eigenvalue weighted by atomic mass is 79.9. The van der Waals surface area contributed by atoms with Crippen LogP contribution < -0.4 is 10.6 Å². The van der Waals surface area contributed by atoms with E-state index in [1.165, 1.54) is 5.56 Å². The van der Waals surface area contributed by atoms with Crippen LogP contribution in [0.2, 0.25) is 0 Å². The van der Waals surface area contributed by atoms with Gasteiger partial charge in [0.1, 0.15) is 6.54 Å². The van der Waals surface area contributed by atoms with Crippen molar-refractivity contribution in [3.63, 3.8) is 0 Å². The number of hydrogen-bond donors (Lipinski definition) is 2. The van der Waals surface area contributed by atoms with Crippen molar-refractivity contribution >= 4 is 21.9 Å². The van der Waals surface area contributed by atoms with E-state index in [2.05, 4.69) is 79.8 Å². The van der Waals surface area contributed by atoms with Gasteiger partial charge in [-0.15, -0.1) is 0 Å². The minimum Gasteiger partial charge on any atom is -0.357 e. The second-order valence-electron chi connectivity index (χ2n) is 5.91. The first-order chi connectivity index (χ1) is 12.1. The zero-order chi connectivity index (χ0) is 18.1. The molecule has 1 atom stereocenters. The van der Waals surface area contributed by atoms with Gasteiger partial charge in [0.2, 0.25) is 5.89 Å². The van der Waals surface area contributed by atoms with Crippen molar-refractivity contribution in [1.82, 2.24) is 20.8 Å². The lowest BCUT2D eigenvalue weighted by Crippen LogP contribution is -2.40. The molecule has 1 heterocycles. The van der Waals surface area contributed by atoms with Gasteiger partial charge < -0.3 is 15.2 Å². The minimum atomic E-state index is 0.398. The van der Waals surface area contributed by atoms with Gasteiger partial charge in [-0.1, -0.05) is 46.6 Å². The van der Waals surface area contributed by atoms with Crippen LogP contribution in [0.25, 0.3) is 0 Å². The van der Waals surface area contributed by atoms with Gasteiger partial charge in [0.05, 0.1) is 0 Å². The molecule has 2 aromatic rings. The quantitative estimate of drug-likeness (QED) is 0.517. The molecule has 2 N–H and O–H groups in total. The smallest absolute Gasteiger partial charge is 0.223 e. The van der Waals surface area contributed by atoms with Gasteiger partial charge in [0, 0.05) is 24.5 Å². The average molecular weight is 408 g/mol. The number of nitrogens with one attached hydrogen (secondary N) is 2. The van der Waals surface area contributed by atoms with Crippen molar-refractivity contribution in [2.75, 3.05) is 13.1 Å². The maximum Gasteiger partial charge on any atom is 0.223 e. The molecular formula is C18H26BrN5O. The Morgan fingerprint density at radius 3 is 2.80 bits per heavy atom. The van der Waals surface area contributed by atoms with E-state index in [4.69, 9.17) is 4.52 Å². The third kappa shape index (κ3) is 6.86. The fraction of sp³-hybridized carbons (Fsp3) is 0.500. The predicted octanol–water partition coefficient (Wildman–Crippen LogP) is 3.46. The SMILES string of the molecule is CCNC(=NCc1noc(C)n1)NCC(CC)Cc1cccc(Br)c1. The number of aryl methyl sites for hydroxylation is 1. The number of halogens is 1. The Balaban J connectivity index is 1.91. The van der Waals surface area contributed by atoms with Crippen LogP contribution in [0.4, 0.5) is 0 Å². The molecule has 1 unspecified atom stereocenters. The van der Waals surface area contributed by atoms with Gasteiger partial charge in [-0.3, -0.25) is 0 Å². The van der Waals surface area contributed by atoms with Crippen LogP contribution in [0, 0.1) is 12.8 Å². The lowest BCUT2D eigenvalue weighted by molar-refractivity contribution is 0.387. The predicted molar refractivity (Wildman–Crippen MR) is 103 cm³/mol. The summed E-state index contributed by atoms with van der Waals surface area (Å²) in [7, 11) is 0. The van der Waals surface area contributed by atoms with Crippen molar-refractivity contribution < 1.29 is 4.52 Å². The zero-order valence-corrected chi connectivity index (χ0v) is 16.6. The summed E-state index contributed by atoms with van der Waals surface area (Å²) in [6.45, 7) is 8.11. The number of nitrogens with zero attached hydrogens (tertiary/aromatic N) is 3. The maximum atomic E-state index is 4.97. The van der Waals surface area contributed by atoms with Gasteiger partial charge in [-0.25, -0.2) is 4.99 Å². The zero-order valence-electron chi connectivity index (χ0n) is 15.1. The van der Waals surface area contributed by atoms with Gasteiger partial charge in [0.25, 0.3) is 0 Å². The summed E-state index contributed by atoms with van der Waals surface area (Å²) in [5.74, 6) is 2.46. The van der Waals surface area contributed by atoms with Crippen LogP contribution in [0.3, 0.4) is 0 Å². The van der Waals surface area contributed by atoms with E-state index in [9.17, 15) is 0 Å². The van der Waals surface area contributed by atoms with Crippen LogP contribution in [0.5, 0.6) is 0 Å². The number of aromatic nitrogens is 2. The fourth-order valence-electron chi connectivity index (χ4n) is 2.50. The Morgan fingerprint density at radius 1 is 1.32 bits per heavy atom. The van der Waals surface area contributed by atoms with E-state index in [1.54, 1.807) is 6.92 Å². The molecule has 1 aromatic heterocycles. The molecule has 136 valence electrons. The normalized spacial score (nSPS) is 12.9. The van der Waals surface area contributed by atoms with Crippen LogP contribution in [0.1, 0.15) is 37.5 Å². The first-order valence-corrected chi connectivity index (χ1v) is 9.45. The summed E-state index contributed by atoms with van der Waals surface area (Å²) < 4.78 is 6.10. The molecular weight excluding hydrogens is 382 g/mol. The van der Waals surface area contributed by atoms with Gasteiger partial charge in [-0.2, -0.15) is 4.98 Å². The first kappa shape index (κ1) is 19.4. The van der Waals surface area contributed by atoms with Gasteiger partial charge in [0.15, 0.2) is 11.8 Å². The van der Waals surface area contributed by atoms with E-state index >= 15 is 0 Å². The summed E-state index contributed by atoms with van der Waals surface area (Å²) in [4.78, 5) is 8.70.